The second-order valence-electron chi connectivity index (χ2n) is 4.96. The number of rotatable bonds is 3. The number of nitrogens with two attached hydrogens (primary N) is 1. The van der Waals surface area contributed by atoms with Crippen LogP contribution < -0.4 is 11.1 Å². The molecule has 3 N–H and O–H groups in total. The minimum atomic E-state index is 0.203. The second kappa shape index (κ2) is 4.98. The Kier molecular flexibility index (Phi) is 3.62. The highest BCUT2D eigenvalue weighted by atomic mass is 15.0. The van der Waals surface area contributed by atoms with Crippen molar-refractivity contribution in [2.45, 2.75) is 51.2 Å². The van der Waals surface area contributed by atoms with Crippen LogP contribution in [-0.4, -0.2) is 12.1 Å². The van der Waals surface area contributed by atoms with E-state index in [1.54, 1.807) is 0 Å². The lowest BCUT2D eigenvalue weighted by Crippen LogP contribution is -2.43. The van der Waals surface area contributed by atoms with Gasteiger partial charge < -0.3 is 11.1 Å². The summed E-state index contributed by atoms with van der Waals surface area (Å²) < 4.78 is 0. The number of hydrogen-bond acceptors (Lipinski definition) is 2. The van der Waals surface area contributed by atoms with Gasteiger partial charge in [0, 0.05) is 18.1 Å². The Morgan fingerprint density at radius 3 is 2.81 bits per heavy atom. The van der Waals surface area contributed by atoms with E-state index in [1.165, 1.54) is 30.4 Å². The molecule has 0 radical (unpaired) electrons. The predicted molar refractivity (Wildman–Crippen MR) is 68.4 cm³/mol. The molecule has 0 bridgehead atoms. The Balaban J connectivity index is 2.13. The van der Waals surface area contributed by atoms with Crippen LogP contribution in [0.25, 0.3) is 0 Å². The summed E-state index contributed by atoms with van der Waals surface area (Å²) in [7, 11) is 0. The minimum Gasteiger partial charge on any atom is -0.327 e. The quantitative estimate of drug-likeness (QED) is 0.817. The van der Waals surface area contributed by atoms with E-state index in [4.69, 9.17) is 5.73 Å². The first kappa shape index (κ1) is 11.6. The topological polar surface area (TPSA) is 38.0 Å². The Labute approximate surface area is 98.2 Å². The molecule has 2 nitrogen and oxygen atoms in total. The number of aryl methyl sites for hydroxylation is 1. The third kappa shape index (κ3) is 2.45. The molecule has 16 heavy (non-hydrogen) atoms. The summed E-state index contributed by atoms with van der Waals surface area (Å²) in [6, 6.07) is 9.84. The average Bonchev–Trinajstić information content (AvgIpc) is 2.29. The van der Waals surface area contributed by atoms with Gasteiger partial charge in [0.05, 0.1) is 0 Å². The number of nitrogens with one attached hydrogen (secondary N) is 1. The summed E-state index contributed by atoms with van der Waals surface area (Å²) in [5.74, 6) is 0. The van der Waals surface area contributed by atoms with Gasteiger partial charge in [-0.25, -0.2) is 0 Å². The summed E-state index contributed by atoms with van der Waals surface area (Å²) in [4.78, 5) is 0. The summed E-state index contributed by atoms with van der Waals surface area (Å²) in [5.41, 5.74) is 8.89. The summed E-state index contributed by atoms with van der Waals surface area (Å²) in [6.07, 6.45) is 3.73. The molecule has 0 spiro atoms. The summed E-state index contributed by atoms with van der Waals surface area (Å²) >= 11 is 0. The van der Waals surface area contributed by atoms with Gasteiger partial charge in [-0.05, 0) is 44.2 Å². The molecule has 1 aliphatic rings. The van der Waals surface area contributed by atoms with E-state index in [2.05, 4.69) is 43.4 Å². The van der Waals surface area contributed by atoms with Gasteiger partial charge >= 0.3 is 0 Å². The van der Waals surface area contributed by atoms with Crippen molar-refractivity contribution >= 4 is 0 Å². The van der Waals surface area contributed by atoms with Gasteiger partial charge in [0.1, 0.15) is 0 Å². The molecular weight excluding hydrogens is 196 g/mol. The first-order valence-electron chi connectivity index (χ1n) is 6.28. The van der Waals surface area contributed by atoms with Crippen LogP contribution in [0.15, 0.2) is 24.3 Å². The monoisotopic (exact) mass is 218 g/mol. The Hall–Kier alpha value is -0.860. The molecule has 0 heterocycles. The maximum absolute atomic E-state index is 5.91. The van der Waals surface area contributed by atoms with E-state index in [0.29, 0.717) is 12.1 Å². The zero-order chi connectivity index (χ0) is 11.5. The van der Waals surface area contributed by atoms with Gasteiger partial charge in [0.2, 0.25) is 0 Å². The van der Waals surface area contributed by atoms with Crippen LogP contribution in [0.5, 0.6) is 0 Å². The lowest BCUT2D eigenvalue weighted by atomic mass is 9.87. The van der Waals surface area contributed by atoms with Gasteiger partial charge in [0.25, 0.3) is 0 Å². The Morgan fingerprint density at radius 1 is 1.31 bits per heavy atom. The first-order chi connectivity index (χ1) is 7.68. The molecule has 88 valence electrons. The molecule has 0 saturated heterocycles. The molecule has 0 amide bonds. The van der Waals surface area contributed by atoms with Gasteiger partial charge in [-0.2, -0.15) is 0 Å². The fourth-order valence-electron chi connectivity index (χ4n) is 2.40. The van der Waals surface area contributed by atoms with Crippen LogP contribution in [0.3, 0.4) is 0 Å². The van der Waals surface area contributed by atoms with Crippen molar-refractivity contribution < 1.29 is 0 Å². The van der Waals surface area contributed by atoms with Crippen molar-refractivity contribution in [1.82, 2.24) is 5.32 Å². The van der Waals surface area contributed by atoms with E-state index in [9.17, 15) is 0 Å². The highest BCUT2D eigenvalue weighted by Crippen LogP contribution is 2.29. The van der Waals surface area contributed by atoms with Crippen LogP contribution in [-0.2, 0) is 6.42 Å². The number of benzene rings is 1. The Morgan fingerprint density at radius 2 is 2.06 bits per heavy atom. The zero-order valence-corrected chi connectivity index (χ0v) is 10.2. The van der Waals surface area contributed by atoms with Crippen LogP contribution in [0.4, 0.5) is 0 Å². The van der Waals surface area contributed by atoms with Crippen molar-refractivity contribution in [3.8, 4) is 0 Å². The SMILES string of the molecule is CC(N)C(C)NC1CCCc2ccccc21. The molecule has 2 rings (SSSR count). The fraction of sp³-hybridized carbons (Fsp3) is 0.571. The van der Waals surface area contributed by atoms with Crippen molar-refractivity contribution in [3.63, 3.8) is 0 Å². The Bertz CT molecular complexity index is 346. The third-order valence-electron chi connectivity index (χ3n) is 3.62. The van der Waals surface area contributed by atoms with Crippen molar-refractivity contribution in [1.29, 1.82) is 0 Å². The third-order valence-corrected chi connectivity index (χ3v) is 3.62. The molecule has 2 heteroatoms. The van der Waals surface area contributed by atoms with E-state index in [1.807, 2.05) is 0 Å². The first-order valence-corrected chi connectivity index (χ1v) is 6.28. The second-order valence-corrected chi connectivity index (χ2v) is 4.96. The van der Waals surface area contributed by atoms with Crippen LogP contribution in [0.1, 0.15) is 43.9 Å². The summed E-state index contributed by atoms with van der Waals surface area (Å²) in [5, 5.41) is 3.65. The van der Waals surface area contributed by atoms with E-state index >= 15 is 0 Å². The molecule has 0 aliphatic heterocycles. The molecule has 0 saturated carbocycles. The largest absolute Gasteiger partial charge is 0.327 e. The molecule has 1 aromatic rings. The minimum absolute atomic E-state index is 0.203. The van der Waals surface area contributed by atoms with Gasteiger partial charge in [-0.1, -0.05) is 24.3 Å². The molecule has 0 fully saturated rings. The van der Waals surface area contributed by atoms with Gasteiger partial charge in [0.15, 0.2) is 0 Å². The summed E-state index contributed by atoms with van der Waals surface area (Å²) in [6.45, 7) is 4.23. The molecule has 0 aromatic heterocycles. The van der Waals surface area contributed by atoms with Gasteiger partial charge in [-0.15, -0.1) is 0 Å². The maximum atomic E-state index is 5.91. The van der Waals surface area contributed by atoms with Crippen LogP contribution in [0, 0.1) is 0 Å². The molecule has 3 atom stereocenters. The van der Waals surface area contributed by atoms with E-state index in [-0.39, 0.29) is 6.04 Å². The highest BCUT2D eigenvalue weighted by molar-refractivity contribution is 5.32. The van der Waals surface area contributed by atoms with Crippen molar-refractivity contribution in [2.24, 2.45) is 5.73 Å². The molecule has 1 aromatic carbocycles. The smallest absolute Gasteiger partial charge is 0.0326 e. The van der Waals surface area contributed by atoms with Crippen molar-refractivity contribution in [2.75, 3.05) is 0 Å². The number of hydrogen-bond donors (Lipinski definition) is 2. The zero-order valence-electron chi connectivity index (χ0n) is 10.2. The van der Waals surface area contributed by atoms with E-state index in [0.717, 1.165) is 0 Å². The fourth-order valence-corrected chi connectivity index (χ4v) is 2.40. The van der Waals surface area contributed by atoms with E-state index < -0.39 is 0 Å². The average molecular weight is 218 g/mol. The predicted octanol–water partition coefficient (Wildman–Crippen LogP) is 2.39. The highest BCUT2D eigenvalue weighted by Gasteiger charge is 2.21. The van der Waals surface area contributed by atoms with Gasteiger partial charge in [-0.3, -0.25) is 0 Å². The maximum Gasteiger partial charge on any atom is 0.0326 e. The molecule has 3 unspecified atom stereocenters. The molecular formula is C14H22N2. The lowest BCUT2D eigenvalue weighted by molar-refractivity contribution is 0.379. The molecule has 1 aliphatic carbocycles. The lowest BCUT2D eigenvalue weighted by Gasteiger charge is -2.30. The normalized spacial score (nSPS) is 23.6. The van der Waals surface area contributed by atoms with Crippen LogP contribution in [0.2, 0.25) is 0 Å². The number of fused-ring (bicyclic) bond motifs is 1. The van der Waals surface area contributed by atoms with Crippen molar-refractivity contribution in [3.05, 3.63) is 35.4 Å². The van der Waals surface area contributed by atoms with Crippen LogP contribution >= 0.6 is 0 Å². The standard InChI is InChI=1S/C14H22N2/c1-10(15)11(2)16-14-9-5-7-12-6-3-4-8-13(12)14/h3-4,6,8,10-11,14,16H,5,7,9,15H2,1-2H3.